The van der Waals surface area contributed by atoms with Crippen LogP contribution in [0.1, 0.15) is 16.1 Å². The summed E-state index contributed by atoms with van der Waals surface area (Å²) in [7, 11) is -6.98. The molecule has 0 fully saturated rings. The molecule has 0 saturated carbocycles. The molecule has 2 aromatic rings. The van der Waals surface area contributed by atoms with Crippen molar-refractivity contribution < 1.29 is 35.0 Å². The summed E-state index contributed by atoms with van der Waals surface area (Å²) in [6.45, 7) is 7.17. The molecule has 0 spiro atoms. The molecule has 0 bridgehead atoms. The Morgan fingerprint density at radius 1 is 1.21 bits per heavy atom. The molecule has 1 amide bonds. The predicted molar refractivity (Wildman–Crippen MR) is 101 cm³/mol. The predicted octanol–water partition coefficient (Wildman–Crippen LogP) is 3.64. The van der Waals surface area contributed by atoms with Crippen molar-refractivity contribution in [3.05, 3.63) is 41.9 Å². The van der Waals surface area contributed by atoms with Crippen molar-refractivity contribution in [2.45, 2.75) is 32.1 Å². The van der Waals surface area contributed by atoms with Gasteiger partial charge in [-0.05, 0) is 35.9 Å². The van der Waals surface area contributed by atoms with Crippen LogP contribution in [0.4, 0.5) is 18.9 Å². The fourth-order valence-corrected chi connectivity index (χ4v) is 4.56. The van der Waals surface area contributed by atoms with Gasteiger partial charge in [-0.3, -0.25) is 4.79 Å². The van der Waals surface area contributed by atoms with E-state index < -0.39 is 35.4 Å². The summed E-state index contributed by atoms with van der Waals surface area (Å²) in [5, 5.41) is 0.342. The van der Waals surface area contributed by atoms with E-state index in [1.165, 1.54) is 31.5 Å². The normalized spacial score (nSPS) is 12.7. The van der Waals surface area contributed by atoms with E-state index in [4.69, 9.17) is 4.42 Å². The summed E-state index contributed by atoms with van der Waals surface area (Å²) in [4.78, 5) is 13.6. The molecule has 0 aliphatic rings. The van der Waals surface area contributed by atoms with Crippen LogP contribution in [0.2, 0.25) is 19.6 Å². The monoisotopic (exact) mass is 435 g/mol. The topological polar surface area (TPSA) is 76.8 Å². The molecule has 0 aliphatic heterocycles. The fourth-order valence-electron chi connectivity index (χ4n) is 2.48. The molecule has 11 heteroatoms. The molecular weight excluding hydrogens is 415 g/mol. The Kier molecular flexibility index (Phi) is 5.73. The fraction of sp³-hybridized carbons (Fsp3) is 0.353. The van der Waals surface area contributed by atoms with Crippen LogP contribution in [-0.4, -0.2) is 35.0 Å². The summed E-state index contributed by atoms with van der Waals surface area (Å²) in [6.07, 6.45) is 1.27. The Labute approximate surface area is 162 Å². The number of carbonyl (C=O) groups is 1. The maximum atomic E-state index is 12.9. The van der Waals surface area contributed by atoms with Gasteiger partial charge in [0.2, 0.25) is 0 Å². The van der Waals surface area contributed by atoms with Crippen molar-refractivity contribution >= 4 is 35.0 Å². The number of furan rings is 1. The van der Waals surface area contributed by atoms with E-state index in [9.17, 15) is 26.4 Å². The summed E-state index contributed by atoms with van der Waals surface area (Å²) < 4.78 is 71.8. The number of rotatable bonds is 5. The first kappa shape index (κ1) is 22.0. The second-order valence-electron chi connectivity index (χ2n) is 7.24. The van der Waals surface area contributed by atoms with Crippen molar-refractivity contribution in [3.63, 3.8) is 0 Å². The number of aryl methyl sites for hydroxylation is 1. The smallest absolute Gasteiger partial charge is 0.459 e. The second kappa shape index (κ2) is 7.28. The molecule has 2 rings (SSSR count). The summed E-state index contributed by atoms with van der Waals surface area (Å²) in [6, 6.07) is 5.85. The maximum Gasteiger partial charge on any atom is 0.534 e. The number of nitrogens with zero attached hydrogens (tertiary/aromatic N) is 1. The van der Waals surface area contributed by atoms with E-state index in [2.05, 4.69) is 4.18 Å². The Balaban J connectivity index is 2.71. The lowest BCUT2D eigenvalue weighted by Gasteiger charge is -2.27. The molecule has 1 heterocycles. The number of benzene rings is 1. The number of hydrogen-bond acceptors (Lipinski definition) is 5. The highest BCUT2D eigenvalue weighted by Gasteiger charge is 2.49. The van der Waals surface area contributed by atoms with Gasteiger partial charge in [-0.15, -0.1) is 0 Å². The largest absolute Gasteiger partial charge is 0.534 e. The van der Waals surface area contributed by atoms with Crippen LogP contribution in [-0.2, 0) is 10.1 Å². The van der Waals surface area contributed by atoms with Crippen molar-refractivity contribution in [1.29, 1.82) is 0 Å². The van der Waals surface area contributed by atoms with Crippen LogP contribution < -0.4 is 14.3 Å². The van der Waals surface area contributed by atoms with Gasteiger partial charge < -0.3 is 13.5 Å². The molecule has 6 nitrogen and oxygen atoms in total. The zero-order valence-corrected chi connectivity index (χ0v) is 17.7. The number of amides is 1. The van der Waals surface area contributed by atoms with Gasteiger partial charge in [0.15, 0.2) is 11.5 Å². The van der Waals surface area contributed by atoms with Crippen molar-refractivity contribution in [1.82, 2.24) is 0 Å². The molecular formula is C17H20F3NO5SSi. The van der Waals surface area contributed by atoms with Crippen molar-refractivity contribution in [2.24, 2.45) is 0 Å². The van der Waals surface area contributed by atoms with Gasteiger partial charge in [-0.2, -0.15) is 21.6 Å². The molecule has 154 valence electrons. The van der Waals surface area contributed by atoms with Crippen molar-refractivity contribution in [2.75, 3.05) is 11.9 Å². The maximum absolute atomic E-state index is 12.9. The average Bonchev–Trinajstić information content (AvgIpc) is 3.06. The van der Waals surface area contributed by atoms with Gasteiger partial charge in [0, 0.05) is 7.05 Å². The standard InChI is InChI=1S/C17H20F3NO5SSi/c1-11-9-12(21(2)16(22)13-7-6-8-25-13)15(14(10-11)28(3,4)5)26-27(23,24)17(18,19)20/h6-10H,1-5H3. The number of halogens is 3. The number of hydrogen-bond donors (Lipinski definition) is 0. The first-order valence-corrected chi connectivity index (χ1v) is 13.0. The number of anilines is 1. The van der Waals surface area contributed by atoms with Crippen LogP contribution in [0, 0.1) is 6.92 Å². The van der Waals surface area contributed by atoms with E-state index in [0.717, 1.165) is 4.90 Å². The molecule has 0 N–H and O–H groups in total. The first-order valence-electron chi connectivity index (χ1n) is 8.12. The zero-order valence-electron chi connectivity index (χ0n) is 15.9. The summed E-state index contributed by atoms with van der Waals surface area (Å²) >= 11 is 0. The van der Waals surface area contributed by atoms with Gasteiger partial charge in [0.1, 0.15) is 0 Å². The molecule has 1 aromatic carbocycles. The lowest BCUT2D eigenvalue weighted by atomic mass is 10.2. The minimum absolute atomic E-state index is 0.0526. The SMILES string of the molecule is Cc1cc(N(C)C(=O)c2ccco2)c(OS(=O)(=O)C(F)(F)F)c([Si](C)(C)C)c1. The molecule has 0 saturated heterocycles. The third kappa shape index (κ3) is 4.41. The molecule has 0 unspecified atom stereocenters. The lowest BCUT2D eigenvalue weighted by Crippen LogP contribution is -2.42. The summed E-state index contributed by atoms with van der Waals surface area (Å²) in [5.74, 6) is -1.21. The lowest BCUT2D eigenvalue weighted by molar-refractivity contribution is -0.0499. The van der Waals surface area contributed by atoms with Crippen LogP contribution in [0.3, 0.4) is 0 Å². The van der Waals surface area contributed by atoms with Crippen molar-refractivity contribution in [3.8, 4) is 5.75 Å². The van der Waals surface area contributed by atoms with Crippen LogP contribution >= 0.6 is 0 Å². The summed E-state index contributed by atoms with van der Waals surface area (Å²) in [5.41, 5.74) is -5.05. The highest BCUT2D eigenvalue weighted by Crippen LogP contribution is 2.35. The second-order valence-corrected chi connectivity index (χ2v) is 13.8. The molecule has 1 aromatic heterocycles. The molecule has 0 atom stereocenters. The third-order valence-corrected chi connectivity index (χ3v) is 6.84. The van der Waals surface area contributed by atoms with Crippen LogP contribution in [0.5, 0.6) is 5.75 Å². The number of alkyl halides is 3. The van der Waals surface area contributed by atoms with E-state index in [1.807, 2.05) is 19.6 Å². The molecule has 0 aliphatic carbocycles. The first-order chi connectivity index (χ1) is 12.6. The molecule has 0 radical (unpaired) electrons. The van der Waals surface area contributed by atoms with E-state index >= 15 is 0 Å². The Bertz CT molecular complexity index is 979. The van der Waals surface area contributed by atoms with E-state index in [-0.39, 0.29) is 11.4 Å². The average molecular weight is 435 g/mol. The molecule has 28 heavy (non-hydrogen) atoms. The van der Waals surface area contributed by atoms with Gasteiger partial charge in [-0.25, -0.2) is 0 Å². The Morgan fingerprint density at radius 3 is 2.29 bits per heavy atom. The van der Waals surface area contributed by atoms with Gasteiger partial charge >= 0.3 is 15.6 Å². The highest BCUT2D eigenvalue weighted by atomic mass is 32.2. The van der Waals surface area contributed by atoms with Crippen LogP contribution in [0.15, 0.2) is 34.9 Å². The zero-order chi connectivity index (χ0) is 21.5. The Morgan fingerprint density at radius 2 is 1.82 bits per heavy atom. The quantitative estimate of drug-likeness (QED) is 0.407. The van der Waals surface area contributed by atoms with Gasteiger partial charge in [-0.1, -0.05) is 25.7 Å². The minimum atomic E-state index is -5.92. The minimum Gasteiger partial charge on any atom is -0.459 e. The van der Waals surface area contributed by atoms with Gasteiger partial charge in [0.05, 0.1) is 20.0 Å². The van der Waals surface area contributed by atoms with Crippen LogP contribution in [0.25, 0.3) is 0 Å². The highest BCUT2D eigenvalue weighted by molar-refractivity contribution is 7.88. The number of carbonyl (C=O) groups excluding carboxylic acids is 1. The van der Waals surface area contributed by atoms with E-state index in [0.29, 0.717) is 10.8 Å². The van der Waals surface area contributed by atoms with E-state index in [1.54, 1.807) is 13.0 Å². The van der Waals surface area contributed by atoms with Gasteiger partial charge in [0.25, 0.3) is 5.91 Å². The Hall–Kier alpha value is -2.27. The third-order valence-electron chi connectivity index (χ3n) is 3.90.